The number of likely N-dealkylation sites (N-methyl/N-ethyl adjacent to an activating group) is 1. The lowest BCUT2D eigenvalue weighted by molar-refractivity contribution is -0.141. The van der Waals surface area contributed by atoms with Crippen molar-refractivity contribution in [2.45, 2.75) is 25.7 Å². The number of rotatable bonds is 6. The van der Waals surface area contributed by atoms with Crippen molar-refractivity contribution in [1.29, 1.82) is 0 Å². The summed E-state index contributed by atoms with van der Waals surface area (Å²) in [6.07, 6.45) is 0.176. The molecule has 0 N–H and O–H groups in total. The second-order valence-corrected chi connectivity index (χ2v) is 5.20. The van der Waals surface area contributed by atoms with Crippen LogP contribution < -0.4 is 4.90 Å². The van der Waals surface area contributed by atoms with Crippen molar-refractivity contribution in [3.8, 4) is 0 Å². The number of anilines is 1. The summed E-state index contributed by atoms with van der Waals surface area (Å²) in [5.74, 6) is -0.142. The molecule has 1 atom stereocenters. The van der Waals surface area contributed by atoms with E-state index in [1.54, 1.807) is 14.0 Å². The van der Waals surface area contributed by atoms with Gasteiger partial charge in [0.2, 0.25) is 11.8 Å². The topological polar surface area (TPSA) is 85.5 Å². The zero-order valence-corrected chi connectivity index (χ0v) is 13.4. The summed E-state index contributed by atoms with van der Waals surface area (Å²) >= 11 is 0. The number of carbonyl (C=O) groups is 2. The van der Waals surface area contributed by atoms with Gasteiger partial charge in [0.05, 0.1) is 20.0 Å². The third kappa shape index (κ3) is 4.38. The van der Waals surface area contributed by atoms with E-state index in [2.05, 4.69) is 14.9 Å². The van der Waals surface area contributed by atoms with E-state index in [9.17, 15) is 9.59 Å². The molecule has 0 aliphatic rings. The predicted octanol–water partition coefficient (Wildman–Crippen LogP) is 1.94. The molecule has 2 rings (SSSR count). The van der Waals surface area contributed by atoms with Gasteiger partial charge in [-0.15, -0.1) is 0 Å². The lowest BCUT2D eigenvalue weighted by Crippen LogP contribution is -2.28. The molecule has 7 nitrogen and oxygen atoms in total. The lowest BCUT2D eigenvalue weighted by atomic mass is 10.1. The van der Waals surface area contributed by atoms with Crippen LogP contribution in [-0.2, 0) is 20.7 Å². The van der Waals surface area contributed by atoms with Crippen molar-refractivity contribution >= 4 is 17.6 Å². The maximum absolute atomic E-state index is 12.2. The summed E-state index contributed by atoms with van der Waals surface area (Å²) < 4.78 is 9.72. The van der Waals surface area contributed by atoms with E-state index in [-0.39, 0.29) is 30.6 Å². The maximum atomic E-state index is 12.2. The second kappa shape index (κ2) is 7.53. The number of amides is 1. The van der Waals surface area contributed by atoms with Crippen LogP contribution in [0.2, 0.25) is 0 Å². The Morgan fingerprint density at radius 1 is 1.30 bits per heavy atom. The monoisotopic (exact) mass is 317 g/mol. The molecule has 1 aromatic heterocycles. The molecule has 0 spiro atoms. The highest BCUT2D eigenvalue weighted by Crippen LogP contribution is 2.18. The number of esters is 1. The van der Waals surface area contributed by atoms with Crippen LogP contribution in [0.5, 0.6) is 0 Å². The van der Waals surface area contributed by atoms with Crippen LogP contribution in [0.15, 0.2) is 34.9 Å². The van der Waals surface area contributed by atoms with Gasteiger partial charge in [-0.2, -0.15) is 4.98 Å². The van der Waals surface area contributed by atoms with Gasteiger partial charge in [0, 0.05) is 18.7 Å². The van der Waals surface area contributed by atoms with Crippen LogP contribution in [-0.4, -0.2) is 36.2 Å². The van der Waals surface area contributed by atoms with Crippen LogP contribution in [0.3, 0.4) is 0 Å². The smallest absolute Gasteiger partial charge is 0.306 e. The van der Waals surface area contributed by atoms with Crippen molar-refractivity contribution in [3.05, 3.63) is 42.0 Å². The van der Waals surface area contributed by atoms with Crippen molar-refractivity contribution in [1.82, 2.24) is 10.1 Å². The number of hydrogen-bond acceptors (Lipinski definition) is 6. The highest BCUT2D eigenvalue weighted by molar-refractivity contribution is 5.93. The summed E-state index contributed by atoms with van der Waals surface area (Å²) in [6.45, 7) is 1.78. The van der Waals surface area contributed by atoms with Crippen molar-refractivity contribution < 1.29 is 18.8 Å². The normalized spacial score (nSPS) is 11.8. The first kappa shape index (κ1) is 16.7. The Hall–Kier alpha value is -2.70. The Morgan fingerprint density at radius 3 is 2.65 bits per heavy atom. The van der Waals surface area contributed by atoms with Gasteiger partial charge in [-0.25, -0.2) is 0 Å². The molecule has 7 heteroatoms. The molecule has 1 unspecified atom stereocenters. The Kier molecular flexibility index (Phi) is 5.46. The minimum absolute atomic E-state index is 0.0276. The van der Waals surface area contributed by atoms with Crippen LogP contribution >= 0.6 is 0 Å². The third-order valence-electron chi connectivity index (χ3n) is 3.43. The number of ether oxygens (including phenoxy) is 1. The molecule has 0 bridgehead atoms. The Balaban J connectivity index is 1.98. The second-order valence-electron chi connectivity index (χ2n) is 5.20. The summed E-state index contributed by atoms with van der Waals surface area (Å²) in [7, 11) is 3.02. The summed E-state index contributed by atoms with van der Waals surface area (Å²) in [4.78, 5) is 29.2. The summed E-state index contributed by atoms with van der Waals surface area (Å²) in [6, 6.07) is 9.30. The molecule has 0 aliphatic heterocycles. The van der Waals surface area contributed by atoms with E-state index in [1.165, 1.54) is 12.0 Å². The highest BCUT2D eigenvalue weighted by Gasteiger charge is 2.20. The molecule has 1 heterocycles. The Bertz CT molecular complexity index is 669. The SMILES string of the molecule is COC(=O)CC(C)c1nc(CC(=O)N(C)c2ccccc2)no1. The van der Waals surface area contributed by atoms with Gasteiger partial charge in [-0.05, 0) is 12.1 Å². The molecular formula is C16H19N3O4. The Labute approximate surface area is 134 Å². The molecule has 0 aliphatic carbocycles. The third-order valence-corrected chi connectivity index (χ3v) is 3.43. The molecule has 0 saturated heterocycles. The highest BCUT2D eigenvalue weighted by atomic mass is 16.5. The zero-order chi connectivity index (χ0) is 16.8. The first-order valence-corrected chi connectivity index (χ1v) is 7.22. The van der Waals surface area contributed by atoms with Crippen LogP contribution in [0, 0.1) is 0 Å². The van der Waals surface area contributed by atoms with E-state index in [1.807, 2.05) is 30.3 Å². The number of hydrogen-bond donors (Lipinski definition) is 0. The molecule has 0 radical (unpaired) electrons. The van der Waals surface area contributed by atoms with Gasteiger partial charge >= 0.3 is 5.97 Å². The van der Waals surface area contributed by atoms with Gasteiger partial charge in [0.1, 0.15) is 0 Å². The number of methoxy groups -OCH3 is 1. The number of para-hydroxylation sites is 1. The number of carbonyl (C=O) groups excluding carboxylic acids is 2. The van der Waals surface area contributed by atoms with Gasteiger partial charge in [-0.1, -0.05) is 30.3 Å². The first-order chi connectivity index (χ1) is 11.0. The molecular weight excluding hydrogens is 298 g/mol. The number of nitrogens with zero attached hydrogens (tertiary/aromatic N) is 3. The average molecular weight is 317 g/mol. The van der Waals surface area contributed by atoms with Gasteiger partial charge in [0.25, 0.3) is 0 Å². The summed E-state index contributed by atoms with van der Waals surface area (Å²) in [5.41, 5.74) is 0.792. The fraction of sp³-hybridized carbons (Fsp3) is 0.375. The Morgan fingerprint density at radius 2 is 2.00 bits per heavy atom. The van der Waals surface area contributed by atoms with E-state index in [0.717, 1.165) is 5.69 Å². The fourth-order valence-corrected chi connectivity index (χ4v) is 2.01. The van der Waals surface area contributed by atoms with Crippen molar-refractivity contribution in [2.24, 2.45) is 0 Å². The fourth-order valence-electron chi connectivity index (χ4n) is 2.01. The number of aromatic nitrogens is 2. The molecule has 2 aromatic rings. The minimum Gasteiger partial charge on any atom is -0.469 e. The van der Waals surface area contributed by atoms with Crippen LogP contribution in [0.1, 0.15) is 31.0 Å². The van der Waals surface area contributed by atoms with Crippen molar-refractivity contribution in [3.63, 3.8) is 0 Å². The standard InChI is InChI=1S/C16H19N3O4/c1-11(9-15(21)22-3)16-17-13(18-23-16)10-14(20)19(2)12-7-5-4-6-8-12/h4-8,11H,9-10H2,1-3H3. The largest absolute Gasteiger partial charge is 0.469 e. The zero-order valence-electron chi connectivity index (χ0n) is 13.4. The van der Waals surface area contributed by atoms with E-state index >= 15 is 0 Å². The minimum atomic E-state index is -0.350. The average Bonchev–Trinajstić information content (AvgIpc) is 3.03. The lowest BCUT2D eigenvalue weighted by Gasteiger charge is -2.16. The first-order valence-electron chi connectivity index (χ1n) is 7.22. The van der Waals surface area contributed by atoms with Gasteiger partial charge in [0.15, 0.2) is 5.82 Å². The van der Waals surface area contributed by atoms with Gasteiger partial charge in [-0.3, -0.25) is 9.59 Å². The predicted molar refractivity (Wildman–Crippen MR) is 82.9 cm³/mol. The summed E-state index contributed by atoms with van der Waals surface area (Å²) in [5, 5.41) is 3.80. The van der Waals surface area contributed by atoms with E-state index in [4.69, 9.17) is 4.52 Å². The van der Waals surface area contributed by atoms with E-state index in [0.29, 0.717) is 11.7 Å². The maximum Gasteiger partial charge on any atom is 0.306 e. The van der Waals surface area contributed by atoms with Crippen molar-refractivity contribution in [2.75, 3.05) is 19.1 Å². The van der Waals surface area contributed by atoms with Crippen LogP contribution in [0.25, 0.3) is 0 Å². The molecule has 0 fully saturated rings. The molecule has 23 heavy (non-hydrogen) atoms. The van der Waals surface area contributed by atoms with E-state index < -0.39 is 0 Å². The molecule has 122 valence electrons. The number of benzene rings is 1. The van der Waals surface area contributed by atoms with Crippen LogP contribution in [0.4, 0.5) is 5.69 Å². The molecule has 0 saturated carbocycles. The van der Waals surface area contributed by atoms with Gasteiger partial charge < -0.3 is 14.2 Å². The quantitative estimate of drug-likeness (QED) is 0.757. The molecule has 1 amide bonds. The molecule has 1 aromatic carbocycles.